The zero-order chi connectivity index (χ0) is 20.9. The van der Waals surface area contributed by atoms with Crippen molar-refractivity contribution in [1.29, 1.82) is 0 Å². The molecule has 30 heavy (non-hydrogen) atoms. The first kappa shape index (κ1) is 20.4. The van der Waals surface area contributed by atoms with Gasteiger partial charge in [-0.2, -0.15) is 0 Å². The zero-order valence-electron chi connectivity index (χ0n) is 17.5. The van der Waals surface area contributed by atoms with Crippen molar-refractivity contribution in [1.82, 2.24) is 24.8 Å². The van der Waals surface area contributed by atoms with Crippen LogP contribution in [-0.4, -0.2) is 58.5 Å². The number of halogens is 1. The second-order valence-corrected chi connectivity index (χ2v) is 7.84. The lowest BCUT2D eigenvalue weighted by atomic mass is 10.0. The van der Waals surface area contributed by atoms with Crippen LogP contribution >= 0.6 is 0 Å². The van der Waals surface area contributed by atoms with Gasteiger partial charge in [0.2, 0.25) is 0 Å². The first-order valence-electron chi connectivity index (χ1n) is 10.2. The standard InChI is InChI=1S/C23H27FN6/c1-29(2)14-12-26-23-19-16-30(15-18-5-3-4-6-20(18)24)13-9-21(19)27-22(28-23)17-7-10-25-11-8-17/h3-8,10-11H,9,12-16H2,1-2H3,(H,26,27,28). The average molecular weight is 407 g/mol. The molecule has 1 aromatic carbocycles. The molecule has 1 N–H and O–H groups in total. The van der Waals surface area contributed by atoms with Crippen LogP contribution in [0.5, 0.6) is 0 Å². The molecule has 4 rings (SSSR count). The molecule has 1 aliphatic rings. The maximum Gasteiger partial charge on any atom is 0.161 e. The summed E-state index contributed by atoms with van der Waals surface area (Å²) in [6.45, 7) is 3.81. The van der Waals surface area contributed by atoms with E-state index in [4.69, 9.17) is 9.97 Å². The molecule has 6 nitrogen and oxygen atoms in total. The second kappa shape index (κ2) is 9.28. The Bertz CT molecular complexity index is 992. The molecule has 3 heterocycles. The molecular formula is C23H27FN6. The van der Waals surface area contributed by atoms with Gasteiger partial charge in [-0.25, -0.2) is 14.4 Å². The summed E-state index contributed by atoms with van der Waals surface area (Å²) in [6, 6.07) is 10.8. The smallest absolute Gasteiger partial charge is 0.161 e. The molecule has 0 saturated heterocycles. The third-order valence-corrected chi connectivity index (χ3v) is 5.28. The first-order valence-corrected chi connectivity index (χ1v) is 10.2. The van der Waals surface area contributed by atoms with Crippen molar-refractivity contribution in [2.75, 3.05) is 39.0 Å². The number of pyridine rings is 1. The van der Waals surface area contributed by atoms with Crippen LogP contribution in [0.25, 0.3) is 11.4 Å². The minimum Gasteiger partial charge on any atom is -0.368 e. The minimum absolute atomic E-state index is 0.156. The molecule has 0 fully saturated rings. The average Bonchev–Trinajstić information content (AvgIpc) is 2.76. The second-order valence-electron chi connectivity index (χ2n) is 7.84. The summed E-state index contributed by atoms with van der Waals surface area (Å²) in [5, 5.41) is 3.50. The highest BCUT2D eigenvalue weighted by molar-refractivity contribution is 5.59. The quantitative estimate of drug-likeness (QED) is 0.650. The van der Waals surface area contributed by atoms with E-state index in [1.165, 1.54) is 6.07 Å². The summed E-state index contributed by atoms with van der Waals surface area (Å²) in [4.78, 5) is 18.2. The normalized spacial score (nSPS) is 14.0. The summed E-state index contributed by atoms with van der Waals surface area (Å²) in [6.07, 6.45) is 4.33. The Morgan fingerprint density at radius 1 is 1.10 bits per heavy atom. The SMILES string of the molecule is CN(C)CCNc1nc(-c2ccncc2)nc2c1CN(Cc1ccccc1F)CC2. The molecule has 0 radical (unpaired) electrons. The monoisotopic (exact) mass is 406 g/mol. The number of benzene rings is 1. The van der Waals surface area contributed by atoms with Gasteiger partial charge in [0, 0.05) is 68.2 Å². The highest BCUT2D eigenvalue weighted by Gasteiger charge is 2.23. The number of hydrogen-bond acceptors (Lipinski definition) is 6. The van der Waals surface area contributed by atoms with E-state index in [1.54, 1.807) is 18.5 Å². The molecule has 0 atom stereocenters. The van der Waals surface area contributed by atoms with Gasteiger partial charge in [-0.05, 0) is 32.3 Å². The summed E-state index contributed by atoms with van der Waals surface area (Å²) in [5.74, 6) is 1.43. The van der Waals surface area contributed by atoms with E-state index in [9.17, 15) is 4.39 Å². The van der Waals surface area contributed by atoms with Gasteiger partial charge in [-0.15, -0.1) is 0 Å². The van der Waals surface area contributed by atoms with Gasteiger partial charge in [-0.1, -0.05) is 18.2 Å². The van der Waals surface area contributed by atoms with Crippen LogP contribution < -0.4 is 5.32 Å². The number of rotatable bonds is 7. The van der Waals surface area contributed by atoms with Crippen molar-refractivity contribution in [3.05, 3.63) is 71.4 Å². The predicted octanol–water partition coefficient (Wildman–Crippen LogP) is 3.21. The van der Waals surface area contributed by atoms with Crippen LogP contribution in [0.2, 0.25) is 0 Å². The topological polar surface area (TPSA) is 57.2 Å². The van der Waals surface area contributed by atoms with Crippen molar-refractivity contribution < 1.29 is 4.39 Å². The summed E-state index contributed by atoms with van der Waals surface area (Å²) < 4.78 is 14.1. The molecule has 7 heteroatoms. The Hall–Kier alpha value is -2.90. The van der Waals surface area contributed by atoms with Gasteiger partial charge in [0.15, 0.2) is 5.82 Å². The van der Waals surface area contributed by atoms with E-state index < -0.39 is 0 Å². The Balaban J connectivity index is 1.61. The van der Waals surface area contributed by atoms with Gasteiger partial charge in [0.1, 0.15) is 11.6 Å². The predicted molar refractivity (Wildman–Crippen MR) is 117 cm³/mol. The van der Waals surface area contributed by atoms with Crippen LogP contribution in [0.4, 0.5) is 10.2 Å². The molecule has 0 aliphatic carbocycles. The molecule has 0 bridgehead atoms. The van der Waals surface area contributed by atoms with Crippen LogP contribution in [0.1, 0.15) is 16.8 Å². The number of aromatic nitrogens is 3. The maximum atomic E-state index is 14.1. The lowest BCUT2D eigenvalue weighted by Crippen LogP contribution is -2.32. The van der Waals surface area contributed by atoms with Crippen molar-refractivity contribution in [2.45, 2.75) is 19.5 Å². The lowest BCUT2D eigenvalue weighted by molar-refractivity contribution is 0.240. The molecule has 0 amide bonds. The number of anilines is 1. The number of fused-ring (bicyclic) bond motifs is 1. The molecule has 0 spiro atoms. The fraction of sp³-hybridized carbons (Fsp3) is 0.348. The molecule has 2 aromatic heterocycles. The number of hydrogen-bond donors (Lipinski definition) is 1. The van der Waals surface area contributed by atoms with Crippen molar-refractivity contribution >= 4 is 5.82 Å². The van der Waals surface area contributed by atoms with E-state index >= 15 is 0 Å². The van der Waals surface area contributed by atoms with Crippen molar-refractivity contribution in [2.24, 2.45) is 0 Å². The summed E-state index contributed by atoms with van der Waals surface area (Å²) in [7, 11) is 4.10. The Kier molecular flexibility index (Phi) is 6.30. The first-order chi connectivity index (χ1) is 14.6. The summed E-state index contributed by atoms with van der Waals surface area (Å²) >= 11 is 0. The maximum absolute atomic E-state index is 14.1. The zero-order valence-corrected chi connectivity index (χ0v) is 17.5. The van der Waals surface area contributed by atoms with Crippen molar-refractivity contribution in [3.8, 4) is 11.4 Å². The third kappa shape index (κ3) is 4.80. The van der Waals surface area contributed by atoms with Crippen LogP contribution in [0.15, 0.2) is 48.8 Å². The largest absolute Gasteiger partial charge is 0.368 e. The Morgan fingerprint density at radius 3 is 2.67 bits per heavy atom. The fourth-order valence-corrected chi connectivity index (χ4v) is 3.65. The highest BCUT2D eigenvalue weighted by Crippen LogP contribution is 2.28. The molecule has 3 aromatic rings. The van der Waals surface area contributed by atoms with E-state index in [0.29, 0.717) is 18.9 Å². The van der Waals surface area contributed by atoms with Crippen LogP contribution in [-0.2, 0) is 19.5 Å². The van der Waals surface area contributed by atoms with Gasteiger partial charge in [0.25, 0.3) is 0 Å². The van der Waals surface area contributed by atoms with E-state index in [2.05, 4.69) is 34.2 Å². The van der Waals surface area contributed by atoms with Gasteiger partial charge in [-0.3, -0.25) is 9.88 Å². The fourth-order valence-electron chi connectivity index (χ4n) is 3.65. The number of nitrogens with zero attached hydrogens (tertiary/aromatic N) is 5. The van der Waals surface area contributed by atoms with E-state index in [0.717, 1.165) is 54.3 Å². The molecule has 0 unspecified atom stereocenters. The lowest BCUT2D eigenvalue weighted by Gasteiger charge is -2.30. The van der Waals surface area contributed by atoms with E-state index in [-0.39, 0.29) is 5.82 Å². The number of nitrogens with one attached hydrogen (secondary N) is 1. The van der Waals surface area contributed by atoms with Crippen LogP contribution in [0.3, 0.4) is 0 Å². The number of likely N-dealkylation sites (N-methyl/N-ethyl adjacent to an activating group) is 1. The van der Waals surface area contributed by atoms with Gasteiger partial charge < -0.3 is 10.2 Å². The molecule has 1 aliphatic heterocycles. The molecule has 0 saturated carbocycles. The molecular weight excluding hydrogens is 379 g/mol. The molecule has 156 valence electrons. The summed E-state index contributed by atoms with van der Waals surface area (Å²) in [5.41, 5.74) is 3.85. The van der Waals surface area contributed by atoms with Gasteiger partial charge in [0.05, 0.1) is 5.69 Å². The van der Waals surface area contributed by atoms with Gasteiger partial charge >= 0.3 is 0 Å². The third-order valence-electron chi connectivity index (χ3n) is 5.28. The van der Waals surface area contributed by atoms with Crippen LogP contribution in [0, 0.1) is 5.82 Å². The van der Waals surface area contributed by atoms with E-state index in [1.807, 2.05) is 24.3 Å². The highest BCUT2D eigenvalue weighted by atomic mass is 19.1. The minimum atomic E-state index is -0.156. The Labute approximate surface area is 176 Å². The van der Waals surface area contributed by atoms with Crippen molar-refractivity contribution in [3.63, 3.8) is 0 Å². The Morgan fingerprint density at radius 2 is 1.90 bits per heavy atom.